The van der Waals surface area contributed by atoms with Crippen molar-refractivity contribution in [3.8, 4) is 0 Å². The van der Waals surface area contributed by atoms with Gasteiger partial charge in [0.05, 0.1) is 6.54 Å². The van der Waals surface area contributed by atoms with Gasteiger partial charge in [0.25, 0.3) is 11.8 Å². The number of alkyl halides is 6. The number of fused-ring (bicyclic) bond motifs is 1. The van der Waals surface area contributed by atoms with Crippen LogP contribution in [0.4, 0.5) is 32.0 Å². The summed E-state index contributed by atoms with van der Waals surface area (Å²) in [5.74, 6) is -5.88. The van der Waals surface area contributed by atoms with E-state index in [1.165, 1.54) is 0 Å². The van der Waals surface area contributed by atoms with E-state index in [1.807, 2.05) is 36.4 Å². The Kier molecular flexibility index (Phi) is 15.7. The minimum absolute atomic E-state index is 0.00188. The molecule has 0 radical (unpaired) electrons. The van der Waals surface area contributed by atoms with Gasteiger partial charge in [0, 0.05) is 80.2 Å². The Morgan fingerprint density at radius 2 is 1.15 bits per heavy atom. The third kappa shape index (κ3) is 13.3. The smallest absolute Gasteiger partial charge is 0.475 e. The van der Waals surface area contributed by atoms with E-state index in [1.54, 1.807) is 39.0 Å². The lowest BCUT2D eigenvalue weighted by Crippen LogP contribution is -2.48. The third-order valence-electron chi connectivity index (χ3n) is 9.48. The van der Waals surface area contributed by atoms with Crippen LogP contribution in [-0.2, 0) is 34.0 Å². The van der Waals surface area contributed by atoms with Crippen LogP contribution < -0.4 is 4.90 Å². The summed E-state index contributed by atoms with van der Waals surface area (Å²) in [5, 5.41) is 14.8. The van der Waals surface area contributed by atoms with Crippen LogP contribution in [0.25, 0.3) is 0 Å². The third-order valence-corrected chi connectivity index (χ3v) is 9.73. The van der Waals surface area contributed by atoms with E-state index in [9.17, 15) is 40.7 Å². The standard InChI is InChI=1S/C36H40ClN5O3.2C2HF3O2/c1-26(2)39-19-17-38(18-20-39)22-28-7-10-31-24-41(36(45)30-11-13-32(37)14-12-30)25-34(43)42(33(31)21-28)23-27-5-8-29(9-6-27)35(44)40-15-3-4-16-40;2*3-2(4,5)1(6)7/h3-14,21,26H,15-20,22-25H2,1-2H3;2*(H,6,7). The van der Waals surface area contributed by atoms with Gasteiger partial charge in [-0.1, -0.05) is 48.0 Å². The molecule has 0 unspecified atom stereocenters. The largest absolute Gasteiger partial charge is 0.490 e. The van der Waals surface area contributed by atoms with Crippen molar-refractivity contribution in [2.75, 3.05) is 50.7 Å². The zero-order chi connectivity index (χ0) is 43.7. The van der Waals surface area contributed by atoms with Gasteiger partial charge in [-0.15, -0.1) is 0 Å². The van der Waals surface area contributed by atoms with Crippen molar-refractivity contribution in [3.63, 3.8) is 0 Å². The van der Waals surface area contributed by atoms with Crippen LogP contribution in [0.1, 0.15) is 51.3 Å². The Morgan fingerprint density at radius 1 is 0.678 bits per heavy atom. The molecule has 0 bridgehead atoms. The first-order chi connectivity index (χ1) is 27.6. The first-order valence-electron chi connectivity index (χ1n) is 18.2. The molecule has 0 aliphatic carbocycles. The van der Waals surface area contributed by atoms with Gasteiger partial charge in [-0.2, -0.15) is 26.3 Å². The lowest BCUT2D eigenvalue weighted by molar-refractivity contribution is -0.193. The fraction of sp³-hybridized carbons (Fsp3) is 0.375. The van der Waals surface area contributed by atoms with Crippen molar-refractivity contribution in [2.45, 2.75) is 51.9 Å². The van der Waals surface area contributed by atoms with Crippen molar-refractivity contribution in [1.29, 1.82) is 0 Å². The monoisotopic (exact) mass is 853 g/mol. The zero-order valence-electron chi connectivity index (χ0n) is 32.0. The highest BCUT2D eigenvalue weighted by molar-refractivity contribution is 6.30. The summed E-state index contributed by atoms with van der Waals surface area (Å²) in [4.78, 5) is 68.3. The predicted octanol–water partition coefficient (Wildman–Crippen LogP) is 6.33. The number of anilines is 1. The summed E-state index contributed by atoms with van der Waals surface area (Å²) in [6.45, 7) is 11.2. The van der Waals surface area contributed by atoms with E-state index in [0.29, 0.717) is 48.4 Å². The van der Waals surface area contributed by atoms with E-state index < -0.39 is 24.3 Å². The molecule has 6 rings (SSSR count). The second-order valence-corrected chi connectivity index (χ2v) is 14.4. The van der Waals surface area contributed by atoms with Crippen LogP contribution in [0.15, 0.2) is 78.9 Å². The number of carboxylic acid groups (broad SMARTS) is 2. The van der Waals surface area contributed by atoms with E-state index in [2.05, 4.69) is 41.8 Å². The Labute approximate surface area is 340 Å². The second kappa shape index (κ2) is 20.0. The molecule has 1 saturated heterocycles. The Bertz CT molecular complexity index is 1970. The highest BCUT2D eigenvalue weighted by atomic mass is 35.5. The number of aliphatic carboxylic acids is 2. The average molecular weight is 854 g/mol. The van der Waals surface area contributed by atoms with Crippen molar-refractivity contribution >= 4 is 46.9 Å². The number of carbonyl (C=O) groups excluding carboxylic acids is 3. The van der Waals surface area contributed by atoms with Gasteiger partial charge in [-0.25, -0.2) is 9.59 Å². The summed E-state index contributed by atoms with van der Waals surface area (Å²) in [6, 6.07) is 21.1. The molecule has 59 heavy (non-hydrogen) atoms. The molecule has 0 atom stereocenters. The Hall–Kier alpha value is -5.46. The lowest BCUT2D eigenvalue weighted by Gasteiger charge is -2.37. The maximum Gasteiger partial charge on any atom is 0.490 e. The van der Waals surface area contributed by atoms with Crippen LogP contribution in [0.3, 0.4) is 0 Å². The van der Waals surface area contributed by atoms with E-state index in [-0.39, 0.29) is 24.3 Å². The number of rotatable bonds is 7. The average Bonchev–Trinajstić information content (AvgIpc) is 3.68. The van der Waals surface area contributed by atoms with Crippen molar-refractivity contribution in [1.82, 2.24) is 19.6 Å². The fourth-order valence-electron chi connectivity index (χ4n) is 6.29. The van der Waals surface area contributed by atoms with E-state index in [0.717, 1.165) is 55.1 Å². The molecule has 3 aliphatic rings. The molecule has 3 heterocycles. The Balaban J connectivity index is 0.000000471. The molecule has 2 N–H and O–H groups in total. The quantitative estimate of drug-likeness (QED) is 0.206. The molecule has 12 nitrogen and oxygen atoms in total. The predicted molar refractivity (Wildman–Crippen MR) is 205 cm³/mol. The van der Waals surface area contributed by atoms with Crippen LogP contribution >= 0.6 is 11.6 Å². The van der Waals surface area contributed by atoms with Gasteiger partial charge in [0.2, 0.25) is 5.91 Å². The molecule has 318 valence electrons. The molecule has 3 amide bonds. The van der Waals surface area contributed by atoms with Crippen LogP contribution in [0.5, 0.6) is 0 Å². The number of piperazine rings is 1. The van der Waals surface area contributed by atoms with Crippen molar-refractivity contribution < 1.29 is 60.5 Å². The number of halogens is 7. The molecule has 3 aromatic carbocycles. The second-order valence-electron chi connectivity index (χ2n) is 14.0. The number of nitrogens with zero attached hydrogens (tertiary/aromatic N) is 5. The molecule has 0 aromatic heterocycles. The van der Waals surface area contributed by atoms with E-state index >= 15 is 0 Å². The van der Waals surface area contributed by atoms with Gasteiger partial charge >= 0.3 is 24.3 Å². The van der Waals surface area contributed by atoms with Crippen LogP contribution in [-0.4, -0.2) is 124 Å². The summed E-state index contributed by atoms with van der Waals surface area (Å²) in [7, 11) is 0. The minimum atomic E-state index is -5.08. The Morgan fingerprint density at radius 3 is 1.64 bits per heavy atom. The molecular weight excluding hydrogens is 812 g/mol. The number of amides is 3. The van der Waals surface area contributed by atoms with Gasteiger partial charge < -0.3 is 24.9 Å². The molecule has 1 fully saturated rings. The summed E-state index contributed by atoms with van der Waals surface area (Å²) < 4.78 is 63.5. The number of hydrogen-bond acceptors (Lipinski definition) is 7. The zero-order valence-corrected chi connectivity index (χ0v) is 32.7. The van der Waals surface area contributed by atoms with Gasteiger partial charge in [-0.3, -0.25) is 24.2 Å². The van der Waals surface area contributed by atoms with Crippen LogP contribution in [0.2, 0.25) is 5.02 Å². The molecule has 0 spiro atoms. The normalized spacial score (nSPS) is 16.1. The molecular formula is C40H42ClF6N5O7. The lowest BCUT2D eigenvalue weighted by atomic mass is 10.1. The number of carbonyl (C=O) groups is 5. The van der Waals surface area contributed by atoms with Crippen molar-refractivity contribution in [3.05, 3.63) is 112 Å². The van der Waals surface area contributed by atoms with Crippen molar-refractivity contribution in [2.24, 2.45) is 0 Å². The minimum Gasteiger partial charge on any atom is -0.475 e. The highest BCUT2D eigenvalue weighted by Gasteiger charge is 2.39. The van der Waals surface area contributed by atoms with Crippen LogP contribution in [0, 0.1) is 0 Å². The van der Waals surface area contributed by atoms with Gasteiger partial charge in [0.15, 0.2) is 0 Å². The first kappa shape index (κ1) is 46.2. The maximum atomic E-state index is 14.0. The summed E-state index contributed by atoms with van der Waals surface area (Å²) >= 11 is 6.06. The molecule has 3 aromatic rings. The van der Waals surface area contributed by atoms with E-state index in [4.69, 9.17) is 31.4 Å². The SMILES string of the molecule is CC(C)N1CCN(Cc2ccc3c(c2)N(Cc2ccc(C(=O)N4CC=CC4)cc2)C(=O)CN(C(=O)c2ccc(Cl)cc2)C3)CC1.O=C(O)C(F)(F)F.O=C(O)C(F)(F)F. The number of benzene rings is 3. The summed E-state index contributed by atoms with van der Waals surface area (Å²) in [5.41, 5.74) is 4.93. The summed E-state index contributed by atoms with van der Waals surface area (Å²) in [6.07, 6.45) is -6.18. The molecule has 0 saturated carbocycles. The molecule has 19 heteroatoms. The molecule has 3 aliphatic heterocycles. The maximum absolute atomic E-state index is 14.0. The van der Waals surface area contributed by atoms with Gasteiger partial charge in [-0.05, 0) is 73.0 Å². The fourth-order valence-corrected chi connectivity index (χ4v) is 6.41. The number of hydrogen-bond donors (Lipinski definition) is 2. The number of carboxylic acids is 2. The highest BCUT2D eigenvalue weighted by Crippen LogP contribution is 2.31. The van der Waals surface area contributed by atoms with Gasteiger partial charge in [0.1, 0.15) is 6.54 Å². The first-order valence-corrected chi connectivity index (χ1v) is 18.6. The topological polar surface area (TPSA) is 142 Å².